The molecule has 0 radical (unpaired) electrons. The predicted octanol–water partition coefficient (Wildman–Crippen LogP) is 2.62. The molecular formula is C20H33IN4O2. The minimum Gasteiger partial charge on any atom is -0.469 e. The number of furan rings is 1. The van der Waals surface area contributed by atoms with Crippen LogP contribution < -0.4 is 5.32 Å². The molecule has 0 amide bonds. The highest BCUT2D eigenvalue weighted by Crippen LogP contribution is 2.18. The van der Waals surface area contributed by atoms with Gasteiger partial charge >= 0.3 is 0 Å². The second-order valence-corrected chi connectivity index (χ2v) is 7.37. The number of likely N-dealkylation sites (tertiary alicyclic amines) is 1. The summed E-state index contributed by atoms with van der Waals surface area (Å²) in [5.74, 6) is 2.71. The second kappa shape index (κ2) is 11.7. The van der Waals surface area contributed by atoms with Crippen LogP contribution >= 0.6 is 24.0 Å². The van der Waals surface area contributed by atoms with Crippen molar-refractivity contribution in [2.75, 3.05) is 59.0 Å². The van der Waals surface area contributed by atoms with E-state index in [9.17, 15) is 0 Å². The predicted molar refractivity (Wildman–Crippen MR) is 120 cm³/mol. The molecule has 0 spiro atoms. The van der Waals surface area contributed by atoms with Crippen LogP contribution in [-0.4, -0.2) is 74.8 Å². The summed E-state index contributed by atoms with van der Waals surface area (Å²) in [5, 5.41) is 3.52. The third kappa shape index (κ3) is 7.46. The largest absolute Gasteiger partial charge is 0.469 e. The molecule has 6 nitrogen and oxygen atoms in total. The molecule has 0 bridgehead atoms. The van der Waals surface area contributed by atoms with E-state index in [1.807, 2.05) is 19.1 Å². The van der Waals surface area contributed by atoms with Gasteiger partial charge in [-0.15, -0.1) is 24.0 Å². The Hall–Kier alpha value is -1.06. The summed E-state index contributed by atoms with van der Waals surface area (Å²) in [6.45, 7) is 14.7. The van der Waals surface area contributed by atoms with Crippen LogP contribution in [-0.2, 0) is 11.2 Å². The van der Waals surface area contributed by atoms with Gasteiger partial charge in [0.25, 0.3) is 0 Å². The van der Waals surface area contributed by atoms with Gasteiger partial charge in [0.2, 0.25) is 0 Å². The van der Waals surface area contributed by atoms with Crippen LogP contribution in [0.5, 0.6) is 0 Å². The molecule has 2 aliphatic rings. The van der Waals surface area contributed by atoms with Crippen molar-refractivity contribution < 1.29 is 9.15 Å². The van der Waals surface area contributed by atoms with Gasteiger partial charge in [-0.1, -0.05) is 12.2 Å². The van der Waals surface area contributed by atoms with Gasteiger partial charge in [-0.05, 0) is 31.4 Å². The van der Waals surface area contributed by atoms with E-state index in [2.05, 4.69) is 21.7 Å². The lowest BCUT2D eigenvalue weighted by Gasteiger charge is -2.29. The van der Waals surface area contributed by atoms with Crippen LogP contribution in [0.25, 0.3) is 0 Å². The lowest BCUT2D eigenvalue weighted by molar-refractivity contribution is 0.0315. The monoisotopic (exact) mass is 488 g/mol. The Bertz CT molecular complexity index is 585. The highest BCUT2D eigenvalue weighted by Gasteiger charge is 2.27. The standard InChI is InChI=1S/C20H32N4O2.HI/c1-17(2)14-22-20(21-7-5-19-4-3-11-26-19)24-8-6-18(16-24)15-23-9-12-25-13-10-23;/h3-4,11,18H,1,5-10,12-16H2,2H3,(H,21,22);1H. The van der Waals surface area contributed by atoms with E-state index in [-0.39, 0.29) is 24.0 Å². The molecule has 2 saturated heterocycles. The third-order valence-electron chi connectivity index (χ3n) is 4.94. The van der Waals surface area contributed by atoms with Gasteiger partial charge in [-0.2, -0.15) is 0 Å². The van der Waals surface area contributed by atoms with E-state index in [1.165, 1.54) is 13.0 Å². The van der Waals surface area contributed by atoms with E-state index in [0.717, 1.165) is 69.7 Å². The molecular weight excluding hydrogens is 455 g/mol. The van der Waals surface area contributed by atoms with E-state index < -0.39 is 0 Å². The molecule has 2 fully saturated rings. The smallest absolute Gasteiger partial charge is 0.194 e. The number of morpholine rings is 1. The third-order valence-corrected chi connectivity index (χ3v) is 4.94. The van der Waals surface area contributed by atoms with Crippen molar-refractivity contribution in [1.29, 1.82) is 0 Å². The van der Waals surface area contributed by atoms with Crippen LogP contribution in [0.3, 0.4) is 0 Å². The molecule has 3 rings (SSSR count). The number of guanidine groups is 1. The Morgan fingerprint density at radius 2 is 2.15 bits per heavy atom. The van der Waals surface area contributed by atoms with Crippen molar-refractivity contribution in [1.82, 2.24) is 15.1 Å². The zero-order valence-corrected chi connectivity index (χ0v) is 18.7. The van der Waals surface area contributed by atoms with Crippen LogP contribution in [0.15, 0.2) is 40.0 Å². The Balaban J connectivity index is 0.00000261. The highest BCUT2D eigenvalue weighted by molar-refractivity contribution is 14.0. The summed E-state index contributed by atoms with van der Waals surface area (Å²) in [5.41, 5.74) is 1.08. The van der Waals surface area contributed by atoms with E-state index >= 15 is 0 Å². The molecule has 0 aliphatic carbocycles. The molecule has 0 saturated carbocycles. The first-order valence-electron chi connectivity index (χ1n) is 9.71. The topological polar surface area (TPSA) is 53.2 Å². The molecule has 27 heavy (non-hydrogen) atoms. The van der Waals surface area contributed by atoms with Crippen LogP contribution in [0.1, 0.15) is 19.1 Å². The lowest BCUT2D eigenvalue weighted by Crippen LogP contribution is -2.43. The summed E-state index contributed by atoms with van der Waals surface area (Å²) in [6, 6.07) is 3.95. The second-order valence-electron chi connectivity index (χ2n) is 7.37. The lowest BCUT2D eigenvalue weighted by atomic mass is 10.1. The number of hydrogen-bond acceptors (Lipinski definition) is 4. The van der Waals surface area contributed by atoms with Crippen molar-refractivity contribution in [3.05, 3.63) is 36.3 Å². The highest BCUT2D eigenvalue weighted by atomic mass is 127. The van der Waals surface area contributed by atoms with Gasteiger partial charge in [0, 0.05) is 45.7 Å². The minimum absolute atomic E-state index is 0. The van der Waals surface area contributed by atoms with Crippen molar-refractivity contribution >= 4 is 29.9 Å². The summed E-state index contributed by atoms with van der Waals surface area (Å²) in [4.78, 5) is 9.71. The van der Waals surface area contributed by atoms with Gasteiger partial charge in [0.05, 0.1) is 26.0 Å². The van der Waals surface area contributed by atoms with Gasteiger partial charge < -0.3 is 19.4 Å². The number of rotatable bonds is 7. The Morgan fingerprint density at radius 3 is 2.85 bits per heavy atom. The van der Waals surface area contributed by atoms with Gasteiger partial charge in [-0.25, -0.2) is 4.99 Å². The maximum Gasteiger partial charge on any atom is 0.194 e. The van der Waals surface area contributed by atoms with E-state index in [4.69, 9.17) is 14.1 Å². The van der Waals surface area contributed by atoms with Crippen LogP contribution in [0, 0.1) is 5.92 Å². The summed E-state index contributed by atoms with van der Waals surface area (Å²) < 4.78 is 10.9. The van der Waals surface area contributed by atoms with Gasteiger partial charge in [-0.3, -0.25) is 4.90 Å². The molecule has 152 valence electrons. The molecule has 2 aliphatic heterocycles. The molecule has 0 aromatic carbocycles. The van der Waals surface area contributed by atoms with Gasteiger partial charge in [0.1, 0.15) is 5.76 Å². The van der Waals surface area contributed by atoms with Crippen LogP contribution in [0.4, 0.5) is 0 Å². The van der Waals surface area contributed by atoms with Crippen molar-refractivity contribution in [3.8, 4) is 0 Å². The fourth-order valence-electron chi connectivity index (χ4n) is 3.55. The zero-order chi connectivity index (χ0) is 18.2. The normalized spacial score (nSPS) is 21.1. The average molecular weight is 488 g/mol. The van der Waals surface area contributed by atoms with Gasteiger partial charge in [0.15, 0.2) is 5.96 Å². The number of nitrogens with zero attached hydrogens (tertiary/aromatic N) is 3. The zero-order valence-electron chi connectivity index (χ0n) is 16.4. The molecule has 1 aromatic heterocycles. The van der Waals surface area contributed by atoms with E-state index in [1.54, 1.807) is 6.26 Å². The first-order chi connectivity index (χ1) is 12.7. The summed E-state index contributed by atoms with van der Waals surface area (Å²) in [6.07, 6.45) is 3.82. The number of halogens is 1. The molecule has 1 N–H and O–H groups in total. The summed E-state index contributed by atoms with van der Waals surface area (Å²) in [7, 11) is 0. The quantitative estimate of drug-likeness (QED) is 0.277. The SMILES string of the molecule is C=C(C)CN=C(NCCc1ccco1)N1CCC(CN2CCOCC2)C1.I. The molecule has 1 aromatic rings. The first kappa shape index (κ1) is 22.2. The number of hydrogen-bond donors (Lipinski definition) is 1. The molecule has 3 heterocycles. The van der Waals surface area contributed by atoms with Crippen molar-refractivity contribution in [3.63, 3.8) is 0 Å². The van der Waals surface area contributed by atoms with E-state index in [0.29, 0.717) is 12.5 Å². The first-order valence-corrected chi connectivity index (χ1v) is 9.71. The number of aliphatic imine (C=N–C) groups is 1. The number of nitrogens with one attached hydrogen (secondary N) is 1. The minimum atomic E-state index is 0. The molecule has 1 unspecified atom stereocenters. The maximum atomic E-state index is 5.46. The maximum absolute atomic E-state index is 5.46. The Kier molecular flexibility index (Phi) is 9.64. The van der Waals surface area contributed by atoms with Crippen molar-refractivity contribution in [2.24, 2.45) is 10.9 Å². The average Bonchev–Trinajstić information content (AvgIpc) is 3.31. The molecule has 1 atom stereocenters. The fourth-order valence-corrected chi connectivity index (χ4v) is 3.55. The van der Waals surface area contributed by atoms with Crippen LogP contribution in [0.2, 0.25) is 0 Å². The fraction of sp³-hybridized carbons (Fsp3) is 0.650. The van der Waals surface area contributed by atoms with Crippen molar-refractivity contribution in [2.45, 2.75) is 19.8 Å². The number of ether oxygens (including phenoxy) is 1. The summed E-state index contributed by atoms with van der Waals surface area (Å²) >= 11 is 0. The molecule has 7 heteroatoms. The Labute approximate surface area is 180 Å². The Morgan fingerprint density at radius 1 is 1.33 bits per heavy atom.